The molecule has 0 amide bonds. The van der Waals surface area contributed by atoms with Gasteiger partial charge in [0.15, 0.2) is 0 Å². The largest absolute Gasteiger partial charge is 0.493 e. The molecule has 1 aliphatic heterocycles. The van der Waals surface area contributed by atoms with Crippen molar-refractivity contribution in [3.63, 3.8) is 0 Å². The molecule has 0 atom stereocenters. The minimum absolute atomic E-state index is 0.00685. The number of sulfonamides is 1. The van der Waals surface area contributed by atoms with Crippen LogP contribution in [-0.2, 0) is 21.9 Å². The maximum Gasteiger partial charge on any atom is 0.240 e. The van der Waals surface area contributed by atoms with Crippen molar-refractivity contribution in [3.8, 4) is 5.75 Å². The molecule has 2 heterocycles. The van der Waals surface area contributed by atoms with E-state index in [0.717, 1.165) is 30.6 Å². The Morgan fingerprint density at radius 2 is 2.14 bits per heavy atom. The maximum atomic E-state index is 12.5. The van der Waals surface area contributed by atoms with Gasteiger partial charge in [0, 0.05) is 18.4 Å². The van der Waals surface area contributed by atoms with Gasteiger partial charge >= 0.3 is 0 Å². The fraction of sp³-hybridized carbons (Fsp3) is 0.375. The van der Waals surface area contributed by atoms with Crippen LogP contribution in [0.5, 0.6) is 5.75 Å². The molecule has 1 aromatic carbocycles. The second kappa shape index (κ2) is 5.08. The first-order valence-electron chi connectivity index (χ1n) is 7.37. The quantitative estimate of drug-likeness (QED) is 0.914. The lowest BCUT2D eigenvalue weighted by Crippen LogP contribution is -2.32. The molecule has 2 aromatic rings. The number of ether oxygens (including phenoxy) is 1. The topological polar surface area (TPSA) is 55.4 Å². The Hall–Kier alpha value is -1.37. The summed E-state index contributed by atoms with van der Waals surface area (Å²) in [7, 11) is -3.47. The molecule has 0 radical (unpaired) electrons. The number of benzene rings is 1. The van der Waals surface area contributed by atoms with E-state index in [1.807, 2.05) is 5.38 Å². The molecule has 4 rings (SSSR count). The third-order valence-corrected chi connectivity index (χ3v) is 6.64. The Kier molecular flexibility index (Phi) is 3.29. The van der Waals surface area contributed by atoms with Gasteiger partial charge < -0.3 is 4.74 Å². The molecule has 0 unspecified atom stereocenters. The van der Waals surface area contributed by atoms with E-state index in [4.69, 9.17) is 4.74 Å². The predicted molar refractivity (Wildman–Crippen MR) is 86.1 cm³/mol. The Labute approximate surface area is 134 Å². The lowest BCUT2D eigenvalue weighted by Gasteiger charge is -2.15. The van der Waals surface area contributed by atoms with Gasteiger partial charge in [-0.2, -0.15) is 11.3 Å². The van der Waals surface area contributed by atoms with Crippen LogP contribution in [-0.4, -0.2) is 21.6 Å². The van der Waals surface area contributed by atoms with E-state index in [1.165, 1.54) is 5.56 Å². The van der Waals surface area contributed by atoms with Crippen LogP contribution >= 0.6 is 11.3 Å². The van der Waals surface area contributed by atoms with Crippen molar-refractivity contribution in [2.75, 3.05) is 13.2 Å². The van der Waals surface area contributed by atoms with Gasteiger partial charge in [-0.3, -0.25) is 0 Å². The summed E-state index contributed by atoms with van der Waals surface area (Å²) >= 11 is 1.66. The monoisotopic (exact) mass is 335 g/mol. The molecule has 1 aromatic heterocycles. The summed E-state index contributed by atoms with van der Waals surface area (Å²) in [6.07, 6.45) is 2.87. The first-order chi connectivity index (χ1) is 10.6. The lowest BCUT2D eigenvalue weighted by atomic mass is 10.0. The molecule has 1 aliphatic carbocycles. The van der Waals surface area contributed by atoms with Crippen molar-refractivity contribution < 1.29 is 13.2 Å². The van der Waals surface area contributed by atoms with Crippen molar-refractivity contribution in [3.05, 3.63) is 46.2 Å². The standard InChI is InChI=1S/C16H17NO3S2/c18-22(19,14-1-2-15-12(9-14)3-7-20-15)17-11-16(5-6-16)13-4-8-21-10-13/h1-2,4,8-10,17H,3,5-7,11H2. The first kappa shape index (κ1) is 14.2. The van der Waals surface area contributed by atoms with Crippen molar-refractivity contribution >= 4 is 21.4 Å². The van der Waals surface area contributed by atoms with Crippen LogP contribution in [0.4, 0.5) is 0 Å². The van der Waals surface area contributed by atoms with Gasteiger partial charge in [0.25, 0.3) is 0 Å². The van der Waals surface area contributed by atoms with E-state index in [0.29, 0.717) is 18.0 Å². The molecule has 0 spiro atoms. The normalized spacial score (nSPS) is 18.7. The lowest BCUT2D eigenvalue weighted by molar-refractivity contribution is 0.356. The van der Waals surface area contributed by atoms with Crippen LogP contribution in [0.3, 0.4) is 0 Å². The van der Waals surface area contributed by atoms with Crippen LogP contribution in [0.25, 0.3) is 0 Å². The molecule has 6 heteroatoms. The first-order valence-corrected chi connectivity index (χ1v) is 9.80. The van der Waals surface area contributed by atoms with E-state index in [9.17, 15) is 8.42 Å². The van der Waals surface area contributed by atoms with E-state index < -0.39 is 10.0 Å². The van der Waals surface area contributed by atoms with Gasteiger partial charge in [-0.1, -0.05) is 0 Å². The highest BCUT2D eigenvalue weighted by molar-refractivity contribution is 7.89. The number of thiophene rings is 1. The molecule has 1 fully saturated rings. The average molecular weight is 335 g/mol. The van der Waals surface area contributed by atoms with Crippen molar-refractivity contribution in [1.29, 1.82) is 0 Å². The Bertz CT molecular complexity index is 793. The summed E-state index contributed by atoms with van der Waals surface area (Å²) in [5.74, 6) is 0.802. The summed E-state index contributed by atoms with van der Waals surface area (Å²) in [6.45, 7) is 1.10. The van der Waals surface area contributed by atoms with Gasteiger partial charge in [-0.15, -0.1) is 0 Å². The van der Waals surface area contributed by atoms with Crippen molar-refractivity contribution in [2.24, 2.45) is 0 Å². The molecule has 0 bridgehead atoms. The molecule has 1 saturated carbocycles. The molecule has 4 nitrogen and oxygen atoms in total. The van der Waals surface area contributed by atoms with Gasteiger partial charge in [0.05, 0.1) is 11.5 Å². The second-order valence-electron chi connectivity index (χ2n) is 5.98. The zero-order valence-electron chi connectivity index (χ0n) is 12.0. The van der Waals surface area contributed by atoms with Gasteiger partial charge in [0.1, 0.15) is 5.75 Å². The zero-order valence-corrected chi connectivity index (χ0v) is 13.7. The fourth-order valence-electron chi connectivity index (χ4n) is 2.93. The van der Waals surface area contributed by atoms with E-state index in [1.54, 1.807) is 29.5 Å². The zero-order chi connectivity index (χ0) is 15.2. The maximum absolute atomic E-state index is 12.5. The summed E-state index contributed by atoms with van der Waals surface area (Å²) in [6, 6.07) is 7.20. The Morgan fingerprint density at radius 1 is 1.27 bits per heavy atom. The minimum atomic E-state index is -3.47. The van der Waals surface area contributed by atoms with Crippen LogP contribution in [0, 0.1) is 0 Å². The van der Waals surface area contributed by atoms with Gasteiger partial charge in [-0.05, 0) is 59.0 Å². The number of fused-ring (bicyclic) bond motifs is 1. The summed E-state index contributed by atoms with van der Waals surface area (Å²) in [5, 5.41) is 4.17. The van der Waals surface area contributed by atoms with Crippen LogP contribution in [0.1, 0.15) is 24.0 Å². The SMILES string of the molecule is O=S(=O)(NCC1(c2ccsc2)CC1)c1ccc2c(c1)CCO2. The molecule has 2 aliphatic rings. The Morgan fingerprint density at radius 3 is 2.86 bits per heavy atom. The van der Waals surface area contributed by atoms with Crippen molar-refractivity contribution in [1.82, 2.24) is 4.72 Å². The van der Waals surface area contributed by atoms with E-state index in [2.05, 4.69) is 16.2 Å². The van der Waals surface area contributed by atoms with Gasteiger partial charge in [0.2, 0.25) is 10.0 Å². The molecular formula is C16H17NO3S2. The van der Waals surface area contributed by atoms with Crippen LogP contribution in [0.15, 0.2) is 39.9 Å². The number of nitrogens with one attached hydrogen (secondary N) is 1. The molecule has 22 heavy (non-hydrogen) atoms. The highest BCUT2D eigenvalue weighted by Crippen LogP contribution is 2.48. The highest BCUT2D eigenvalue weighted by Gasteiger charge is 2.45. The molecule has 1 N–H and O–H groups in total. The summed E-state index contributed by atoms with van der Waals surface area (Å²) in [5.41, 5.74) is 2.23. The Balaban J connectivity index is 1.53. The third-order valence-electron chi connectivity index (χ3n) is 4.56. The third kappa shape index (κ3) is 2.45. The number of hydrogen-bond donors (Lipinski definition) is 1. The summed E-state index contributed by atoms with van der Waals surface area (Å²) < 4.78 is 33.3. The average Bonchev–Trinajstić information content (AvgIpc) is 2.95. The predicted octanol–water partition coefficient (Wildman–Crippen LogP) is 2.69. The molecule has 0 saturated heterocycles. The fourth-order valence-corrected chi connectivity index (χ4v) is 4.89. The second-order valence-corrected chi connectivity index (χ2v) is 8.53. The number of hydrogen-bond acceptors (Lipinski definition) is 4. The minimum Gasteiger partial charge on any atom is -0.493 e. The molecule has 116 valence electrons. The van der Waals surface area contributed by atoms with Crippen LogP contribution < -0.4 is 9.46 Å². The van der Waals surface area contributed by atoms with Crippen molar-refractivity contribution in [2.45, 2.75) is 29.6 Å². The van der Waals surface area contributed by atoms with Crippen LogP contribution in [0.2, 0.25) is 0 Å². The van der Waals surface area contributed by atoms with Gasteiger partial charge in [-0.25, -0.2) is 13.1 Å². The molecular weight excluding hydrogens is 318 g/mol. The van der Waals surface area contributed by atoms with E-state index in [-0.39, 0.29) is 5.41 Å². The summed E-state index contributed by atoms with van der Waals surface area (Å²) in [4.78, 5) is 0.331. The highest BCUT2D eigenvalue weighted by atomic mass is 32.2. The van der Waals surface area contributed by atoms with E-state index >= 15 is 0 Å². The number of rotatable bonds is 5. The smallest absolute Gasteiger partial charge is 0.240 e.